The first kappa shape index (κ1) is 17.4. The van der Waals surface area contributed by atoms with Gasteiger partial charge in [-0.15, -0.1) is 11.3 Å². The third kappa shape index (κ3) is 4.20. The minimum atomic E-state index is -0.306. The summed E-state index contributed by atoms with van der Waals surface area (Å²) in [6, 6.07) is 12.8. The summed E-state index contributed by atoms with van der Waals surface area (Å²) in [4.78, 5) is 28.5. The molecule has 136 valence electrons. The quantitative estimate of drug-likeness (QED) is 0.681. The van der Waals surface area contributed by atoms with E-state index in [2.05, 4.69) is 15.6 Å². The molecule has 1 saturated carbocycles. The van der Waals surface area contributed by atoms with Crippen molar-refractivity contribution in [2.75, 3.05) is 10.6 Å². The third-order valence-corrected chi connectivity index (χ3v) is 4.99. The Morgan fingerprint density at radius 2 is 1.70 bits per heavy atom. The number of aromatic nitrogens is 1. The standard InChI is InChI=1S/C20H16FN3O2S/c21-15-7-3-12(4-8-15)17-11-27-20(23-17)24-19(26)14-5-9-16(10-6-14)22-18(25)13-1-2-13/h3-11,13H,1-2H2,(H,22,25)(H,23,24,26). The van der Waals surface area contributed by atoms with Crippen molar-refractivity contribution in [2.45, 2.75) is 12.8 Å². The van der Waals surface area contributed by atoms with Crippen molar-refractivity contribution in [3.8, 4) is 11.3 Å². The van der Waals surface area contributed by atoms with Gasteiger partial charge in [0.2, 0.25) is 5.91 Å². The molecule has 2 amide bonds. The highest BCUT2D eigenvalue weighted by molar-refractivity contribution is 7.14. The molecule has 3 aromatic rings. The number of rotatable bonds is 5. The van der Waals surface area contributed by atoms with Crippen molar-refractivity contribution in [3.05, 3.63) is 65.3 Å². The first-order valence-electron chi connectivity index (χ1n) is 8.52. The fourth-order valence-electron chi connectivity index (χ4n) is 2.55. The number of nitrogens with zero attached hydrogens (tertiary/aromatic N) is 1. The second kappa shape index (κ2) is 7.28. The normalized spacial score (nSPS) is 13.2. The monoisotopic (exact) mass is 381 g/mol. The summed E-state index contributed by atoms with van der Waals surface area (Å²) in [5, 5.41) is 7.86. The molecule has 2 N–H and O–H groups in total. The van der Waals surface area contributed by atoms with Crippen LogP contribution in [0, 0.1) is 11.7 Å². The van der Waals surface area contributed by atoms with Gasteiger partial charge in [-0.1, -0.05) is 0 Å². The van der Waals surface area contributed by atoms with E-state index in [0.29, 0.717) is 22.1 Å². The number of amides is 2. The smallest absolute Gasteiger partial charge is 0.257 e. The van der Waals surface area contributed by atoms with Gasteiger partial charge in [-0.25, -0.2) is 9.37 Å². The maximum Gasteiger partial charge on any atom is 0.257 e. The maximum atomic E-state index is 13.0. The Morgan fingerprint density at radius 1 is 1.00 bits per heavy atom. The van der Waals surface area contributed by atoms with E-state index in [1.54, 1.807) is 41.8 Å². The number of benzene rings is 2. The number of anilines is 2. The lowest BCUT2D eigenvalue weighted by Gasteiger charge is -2.06. The van der Waals surface area contributed by atoms with Crippen molar-refractivity contribution >= 4 is 34.0 Å². The number of thiazole rings is 1. The van der Waals surface area contributed by atoms with Gasteiger partial charge in [0.15, 0.2) is 5.13 Å². The van der Waals surface area contributed by atoms with Gasteiger partial charge in [0.05, 0.1) is 5.69 Å². The van der Waals surface area contributed by atoms with Gasteiger partial charge in [0, 0.05) is 28.1 Å². The first-order valence-corrected chi connectivity index (χ1v) is 9.40. The SMILES string of the molecule is O=C(Nc1nc(-c2ccc(F)cc2)cs1)c1ccc(NC(=O)C2CC2)cc1. The Bertz CT molecular complexity index is 979. The van der Waals surface area contributed by atoms with E-state index < -0.39 is 0 Å². The van der Waals surface area contributed by atoms with Crippen LogP contribution in [0.4, 0.5) is 15.2 Å². The lowest BCUT2D eigenvalue weighted by Crippen LogP contribution is -2.14. The highest BCUT2D eigenvalue weighted by atomic mass is 32.1. The molecule has 27 heavy (non-hydrogen) atoms. The molecule has 2 aromatic carbocycles. The fourth-order valence-corrected chi connectivity index (χ4v) is 3.26. The molecule has 1 heterocycles. The Balaban J connectivity index is 1.40. The number of hydrogen-bond donors (Lipinski definition) is 2. The Kier molecular flexibility index (Phi) is 4.68. The Hall–Kier alpha value is -3.06. The minimum absolute atomic E-state index is 0.0308. The summed E-state index contributed by atoms with van der Waals surface area (Å²) < 4.78 is 13.0. The largest absolute Gasteiger partial charge is 0.326 e. The highest BCUT2D eigenvalue weighted by Crippen LogP contribution is 2.30. The summed E-state index contributed by atoms with van der Waals surface area (Å²) in [5.41, 5.74) is 2.60. The zero-order valence-electron chi connectivity index (χ0n) is 14.2. The highest BCUT2D eigenvalue weighted by Gasteiger charge is 2.29. The average molecular weight is 381 g/mol. The van der Waals surface area contributed by atoms with Crippen LogP contribution in [0.3, 0.4) is 0 Å². The predicted molar refractivity (Wildman–Crippen MR) is 103 cm³/mol. The molecule has 1 aromatic heterocycles. The number of carbonyl (C=O) groups is 2. The average Bonchev–Trinajstić information content (AvgIpc) is 3.43. The lowest BCUT2D eigenvalue weighted by atomic mass is 10.2. The van der Waals surface area contributed by atoms with E-state index in [1.807, 2.05) is 0 Å². The lowest BCUT2D eigenvalue weighted by molar-refractivity contribution is -0.117. The van der Waals surface area contributed by atoms with Crippen LogP contribution in [0.2, 0.25) is 0 Å². The van der Waals surface area contributed by atoms with E-state index in [9.17, 15) is 14.0 Å². The molecule has 1 aliphatic rings. The topological polar surface area (TPSA) is 71.1 Å². The number of nitrogens with one attached hydrogen (secondary N) is 2. The fraction of sp³-hybridized carbons (Fsp3) is 0.150. The van der Waals surface area contributed by atoms with Crippen LogP contribution in [0.5, 0.6) is 0 Å². The van der Waals surface area contributed by atoms with Crippen LogP contribution in [0.15, 0.2) is 53.9 Å². The molecule has 4 rings (SSSR count). The van der Waals surface area contributed by atoms with Crippen LogP contribution >= 0.6 is 11.3 Å². The molecule has 0 radical (unpaired) electrons. The maximum absolute atomic E-state index is 13.0. The molecule has 1 fully saturated rings. The molecule has 7 heteroatoms. The molecule has 0 aliphatic heterocycles. The van der Waals surface area contributed by atoms with Crippen LogP contribution in [-0.2, 0) is 4.79 Å². The van der Waals surface area contributed by atoms with E-state index in [0.717, 1.165) is 18.4 Å². The predicted octanol–water partition coefficient (Wildman–Crippen LogP) is 4.55. The number of hydrogen-bond acceptors (Lipinski definition) is 4. The molecule has 0 atom stereocenters. The molecule has 5 nitrogen and oxygen atoms in total. The molecule has 0 saturated heterocycles. The molecule has 0 bridgehead atoms. The van der Waals surface area contributed by atoms with Crippen LogP contribution in [-0.4, -0.2) is 16.8 Å². The molecular weight excluding hydrogens is 365 g/mol. The van der Waals surface area contributed by atoms with Crippen molar-refractivity contribution in [1.82, 2.24) is 4.98 Å². The Morgan fingerprint density at radius 3 is 2.37 bits per heavy atom. The van der Waals surface area contributed by atoms with Gasteiger partial charge in [-0.3, -0.25) is 14.9 Å². The summed E-state index contributed by atoms with van der Waals surface area (Å²) in [6.45, 7) is 0. The van der Waals surface area contributed by atoms with Crippen LogP contribution < -0.4 is 10.6 Å². The van der Waals surface area contributed by atoms with Gasteiger partial charge in [0.1, 0.15) is 5.82 Å². The zero-order chi connectivity index (χ0) is 18.8. The van der Waals surface area contributed by atoms with Gasteiger partial charge in [-0.2, -0.15) is 0 Å². The first-order chi connectivity index (χ1) is 13.1. The van der Waals surface area contributed by atoms with Gasteiger partial charge < -0.3 is 5.32 Å². The molecule has 0 unspecified atom stereocenters. The van der Waals surface area contributed by atoms with E-state index in [-0.39, 0.29) is 23.5 Å². The molecular formula is C20H16FN3O2S. The van der Waals surface area contributed by atoms with Crippen LogP contribution in [0.25, 0.3) is 11.3 Å². The van der Waals surface area contributed by atoms with Crippen molar-refractivity contribution in [1.29, 1.82) is 0 Å². The second-order valence-corrected chi connectivity index (χ2v) is 7.20. The van der Waals surface area contributed by atoms with Gasteiger partial charge in [-0.05, 0) is 61.4 Å². The van der Waals surface area contributed by atoms with E-state index in [1.165, 1.54) is 23.5 Å². The minimum Gasteiger partial charge on any atom is -0.326 e. The van der Waals surface area contributed by atoms with Crippen molar-refractivity contribution in [2.24, 2.45) is 5.92 Å². The number of halogens is 1. The Labute approximate surface area is 159 Å². The summed E-state index contributed by atoms with van der Waals surface area (Å²) in [5.74, 6) is -0.425. The van der Waals surface area contributed by atoms with Gasteiger partial charge in [0.25, 0.3) is 5.91 Å². The molecule has 0 spiro atoms. The summed E-state index contributed by atoms with van der Waals surface area (Å²) >= 11 is 1.30. The summed E-state index contributed by atoms with van der Waals surface area (Å²) in [7, 11) is 0. The second-order valence-electron chi connectivity index (χ2n) is 6.34. The van der Waals surface area contributed by atoms with E-state index >= 15 is 0 Å². The van der Waals surface area contributed by atoms with E-state index in [4.69, 9.17) is 0 Å². The van der Waals surface area contributed by atoms with Crippen molar-refractivity contribution < 1.29 is 14.0 Å². The van der Waals surface area contributed by atoms with Crippen molar-refractivity contribution in [3.63, 3.8) is 0 Å². The summed E-state index contributed by atoms with van der Waals surface area (Å²) in [6.07, 6.45) is 1.89. The number of carbonyl (C=O) groups excluding carboxylic acids is 2. The van der Waals surface area contributed by atoms with Gasteiger partial charge >= 0.3 is 0 Å². The molecule has 1 aliphatic carbocycles. The van der Waals surface area contributed by atoms with Crippen LogP contribution in [0.1, 0.15) is 23.2 Å². The zero-order valence-corrected chi connectivity index (χ0v) is 15.1. The third-order valence-electron chi connectivity index (χ3n) is 4.23.